The summed E-state index contributed by atoms with van der Waals surface area (Å²) in [5, 5.41) is 0. The lowest BCUT2D eigenvalue weighted by Gasteiger charge is -2.33. The van der Waals surface area contributed by atoms with E-state index in [2.05, 4.69) is 23.8 Å². The molecule has 0 spiro atoms. The Morgan fingerprint density at radius 2 is 1.93 bits per heavy atom. The minimum atomic E-state index is -0.231. The van der Waals surface area contributed by atoms with Crippen LogP contribution in [0.2, 0.25) is 0 Å². The van der Waals surface area contributed by atoms with Gasteiger partial charge in [-0.2, -0.15) is 0 Å². The quantitative estimate of drug-likeness (QED) is 0.697. The second-order valence-corrected chi connectivity index (χ2v) is 7.64. The van der Waals surface area contributed by atoms with E-state index in [1.54, 1.807) is 6.20 Å². The number of fused-ring (bicyclic) bond motifs is 1. The van der Waals surface area contributed by atoms with Gasteiger partial charge in [-0.1, -0.05) is 26.0 Å². The molecule has 0 saturated carbocycles. The van der Waals surface area contributed by atoms with Crippen LogP contribution in [0.1, 0.15) is 63.2 Å². The van der Waals surface area contributed by atoms with E-state index in [4.69, 9.17) is 4.42 Å². The Morgan fingerprint density at radius 3 is 2.63 bits per heavy atom. The van der Waals surface area contributed by atoms with Crippen LogP contribution >= 0.6 is 0 Å². The summed E-state index contributed by atoms with van der Waals surface area (Å²) in [6.45, 7) is 7.63. The van der Waals surface area contributed by atoms with E-state index in [1.807, 2.05) is 46.9 Å². The molecule has 2 aromatic heterocycles. The normalized spacial score (nSPS) is 17.0. The topological polar surface area (TPSA) is 64.2 Å². The maximum atomic E-state index is 13.0. The molecule has 3 aromatic rings. The van der Waals surface area contributed by atoms with Gasteiger partial charge in [-0.15, -0.1) is 0 Å². The summed E-state index contributed by atoms with van der Waals surface area (Å²) in [5.74, 6) is 2.48. The summed E-state index contributed by atoms with van der Waals surface area (Å²) in [7, 11) is 0. The average molecular weight is 366 g/mol. The monoisotopic (exact) mass is 366 g/mol. The van der Waals surface area contributed by atoms with Gasteiger partial charge in [-0.3, -0.25) is 4.79 Å². The maximum absolute atomic E-state index is 13.0. The van der Waals surface area contributed by atoms with Gasteiger partial charge in [0.25, 0.3) is 0 Å². The molecule has 0 unspecified atom stereocenters. The first kappa shape index (κ1) is 17.8. The van der Waals surface area contributed by atoms with Crippen LogP contribution in [0, 0.1) is 0 Å². The molecule has 4 rings (SSSR count). The fourth-order valence-corrected chi connectivity index (χ4v) is 3.89. The van der Waals surface area contributed by atoms with Crippen molar-refractivity contribution in [3.63, 3.8) is 0 Å². The summed E-state index contributed by atoms with van der Waals surface area (Å²) in [4.78, 5) is 24.0. The van der Waals surface area contributed by atoms with Crippen LogP contribution in [0.15, 0.2) is 41.1 Å². The summed E-state index contributed by atoms with van der Waals surface area (Å²) in [5.41, 5.74) is 1.74. The molecule has 1 aliphatic heterocycles. The fourth-order valence-electron chi connectivity index (χ4n) is 3.89. The first-order valence-corrected chi connectivity index (χ1v) is 9.71. The van der Waals surface area contributed by atoms with Crippen LogP contribution in [0.25, 0.3) is 11.1 Å². The van der Waals surface area contributed by atoms with Gasteiger partial charge in [0.15, 0.2) is 11.5 Å². The molecule has 1 aromatic carbocycles. The van der Waals surface area contributed by atoms with Gasteiger partial charge in [-0.25, -0.2) is 9.97 Å². The second kappa shape index (κ2) is 7.18. The highest BCUT2D eigenvalue weighted by Crippen LogP contribution is 2.31. The molecule has 142 valence electrons. The molecule has 27 heavy (non-hydrogen) atoms. The van der Waals surface area contributed by atoms with Crippen molar-refractivity contribution in [2.45, 2.75) is 51.5 Å². The summed E-state index contributed by atoms with van der Waals surface area (Å²) >= 11 is 0. The number of hydrogen-bond donors (Lipinski definition) is 0. The Morgan fingerprint density at radius 1 is 1.19 bits per heavy atom. The maximum Gasteiger partial charge on any atom is 0.245 e. The van der Waals surface area contributed by atoms with Gasteiger partial charge < -0.3 is 13.9 Å². The molecule has 0 N–H and O–H groups in total. The summed E-state index contributed by atoms with van der Waals surface area (Å²) in [6.07, 6.45) is 5.44. The van der Waals surface area contributed by atoms with Gasteiger partial charge in [0.05, 0.1) is 0 Å². The third kappa shape index (κ3) is 3.36. The number of amides is 1. The molecule has 1 atom stereocenters. The van der Waals surface area contributed by atoms with E-state index >= 15 is 0 Å². The zero-order valence-electron chi connectivity index (χ0n) is 16.1. The number of carbonyl (C=O) groups excluding carboxylic acids is 1. The van der Waals surface area contributed by atoms with Crippen LogP contribution in [0.3, 0.4) is 0 Å². The minimum Gasteiger partial charge on any atom is -0.440 e. The van der Waals surface area contributed by atoms with Crippen molar-refractivity contribution in [1.29, 1.82) is 0 Å². The van der Waals surface area contributed by atoms with Gasteiger partial charge in [0, 0.05) is 37.3 Å². The van der Waals surface area contributed by atoms with Crippen LogP contribution in [-0.4, -0.2) is 38.4 Å². The van der Waals surface area contributed by atoms with Crippen molar-refractivity contribution >= 4 is 17.0 Å². The number of hydrogen-bond acceptors (Lipinski definition) is 4. The molecule has 0 aliphatic carbocycles. The number of oxazole rings is 1. The SMILES string of the molecule is CC(C)c1nccn1[C@H](C)C(=O)N1CCC(c2nc3ccccc3o2)CC1. The lowest BCUT2D eigenvalue weighted by atomic mass is 9.96. The van der Waals surface area contributed by atoms with E-state index in [0.29, 0.717) is 5.92 Å². The van der Waals surface area contributed by atoms with E-state index < -0.39 is 0 Å². The molecular formula is C21H26N4O2. The van der Waals surface area contributed by atoms with Crippen molar-refractivity contribution in [3.8, 4) is 0 Å². The standard InChI is InChI=1S/C21H26N4O2/c1-14(2)19-22-10-13-25(19)15(3)21(26)24-11-8-16(9-12-24)20-23-17-6-4-5-7-18(17)27-20/h4-7,10,13-16H,8-9,11-12H2,1-3H3/t15-/m1/s1. The highest BCUT2D eigenvalue weighted by atomic mass is 16.3. The number of para-hydroxylation sites is 2. The predicted octanol–water partition coefficient (Wildman–Crippen LogP) is 4.11. The highest BCUT2D eigenvalue weighted by Gasteiger charge is 2.30. The van der Waals surface area contributed by atoms with E-state index in [0.717, 1.165) is 48.7 Å². The smallest absolute Gasteiger partial charge is 0.245 e. The van der Waals surface area contributed by atoms with Gasteiger partial charge in [0.2, 0.25) is 5.91 Å². The number of likely N-dealkylation sites (tertiary alicyclic amines) is 1. The van der Waals surface area contributed by atoms with Gasteiger partial charge in [-0.05, 0) is 31.9 Å². The molecule has 3 heterocycles. The molecular weight excluding hydrogens is 340 g/mol. The second-order valence-electron chi connectivity index (χ2n) is 7.64. The molecule has 0 bridgehead atoms. The molecule has 1 amide bonds. The lowest BCUT2D eigenvalue weighted by Crippen LogP contribution is -2.41. The van der Waals surface area contributed by atoms with Crippen LogP contribution < -0.4 is 0 Å². The third-order valence-electron chi connectivity index (χ3n) is 5.46. The fraction of sp³-hybridized carbons (Fsp3) is 0.476. The van der Waals surface area contributed by atoms with Crippen molar-refractivity contribution < 1.29 is 9.21 Å². The zero-order valence-corrected chi connectivity index (χ0v) is 16.1. The molecule has 6 heteroatoms. The third-order valence-corrected chi connectivity index (χ3v) is 5.46. The molecule has 6 nitrogen and oxygen atoms in total. The lowest BCUT2D eigenvalue weighted by molar-refractivity contribution is -0.135. The largest absolute Gasteiger partial charge is 0.440 e. The minimum absolute atomic E-state index is 0.158. The summed E-state index contributed by atoms with van der Waals surface area (Å²) in [6, 6.07) is 7.62. The van der Waals surface area contributed by atoms with Crippen LogP contribution in [0.5, 0.6) is 0 Å². The first-order valence-electron chi connectivity index (χ1n) is 9.71. The molecule has 1 saturated heterocycles. The van der Waals surface area contributed by atoms with E-state index in [-0.39, 0.29) is 17.9 Å². The Labute approximate surface area is 159 Å². The zero-order chi connectivity index (χ0) is 19.0. The van der Waals surface area contributed by atoms with Gasteiger partial charge >= 0.3 is 0 Å². The summed E-state index contributed by atoms with van der Waals surface area (Å²) < 4.78 is 7.92. The number of aromatic nitrogens is 3. The van der Waals surface area contributed by atoms with E-state index in [9.17, 15) is 4.79 Å². The van der Waals surface area contributed by atoms with Gasteiger partial charge in [0.1, 0.15) is 17.4 Å². The number of piperidine rings is 1. The highest BCUT2D eigenvalue weighted by molar-refractivity contribution is 5.80. The predicted molar refractivity (Wildman–Crippen MR) is 104 cm³/mol. The molecule has 0 radical (unpaired) electrons. The Bertz CT molecular complexity index is 901. The number of benzene rings is 1. The molecule has 1 aliphatic rings. The van der Waals surface area contributed by atoms with Crippen molar-refractivity contribution in [2.75, 3.05) is 13.1 Å². The Balaban J connectivity index is 1.42. The average Bonchev–Trinajstić information content (AvgIpc) is 3.34. The van der Waals surface area contributed by atoms with Crippen molar-refractivity contribution in [3.05, 3.63) is 48.4 Å². The Hall–Kier alpha value is -2.63. The number of carbonyl (C=O) groups is 1. The van der Waals surface area contributed by atoms with Crippen LogP contribution in [-0.2, 0) is 4.79 Å². The number of nitrogens with zero attached hydrogens (tertiary/aromatic N) is 4. The first-order chi connectivity index (χ1) is 13.0. The van der Waals surface area contributed by atoms with E-state index in [1.165, 1.54) is 0 Å². The number of imidazole rings is 1. The molecule has 1 fully saturated rings. The van der Waals surface area contributed by atoms with Crippen molar-refractivity contribution in [2.24, 2.45) is 0 Å². The number of rotatable bonds is 4. The Kier molecular flexibility index (Phi) is 4.72. The van der Waals surface area contributed by atoms with Crippen molar-refractivity contribution in [1.82, 2.24) is 19.4 Å². The van der Waals surface area contributed by atoms with Crippen LogP contribution in [0.4, 0.5) is 0 Å².